The van der Waals surface area contributed by atoms with Crippen LogP contribution in [0.25, 0.3) is 0 Å². The Morgan fingerprint density at radius 3 is 1.83 bits per heavy atom. The second-order valence-corrected chi connectivity index (χ2v) is 26.8. The van der Waals surface area contributed by atoms with E-state index in [4.69, 9.17) is 11.6 Å². The van der Waals surface area contributed by atoms with Crippen LogP contribution in [0.15, 0.2) is 18.2 Å². The molecule has 2 heterocycles. The molecule has 22 nitrogen and oxygen atoms in total. The molecule has 4 rings (SSSR count). The van der Waals surface area contributed by atoms with Gasteiger partial charge in [-0.1, -0.05) is 105 Å². The number of alkyl halides is 3. The smallest absolute Gasteiger partial charge is 0.343 e. The van der Waals surface area contributed by atoms with Crippen LogP contribution in [0.2, 0.25) is 5.02 Å². The molecule has 3 N–H and O–H groups in total. The zero-order chi connectivity index (χ0) is 68.0. The van der Waals surface area contributed by atoms with Gasteiger partial charge in [-0.05, 0) is 100 Å². The number of fused-ring (bicyclic) bond motifs is 1. The van der Waals surface area contributed by atoms with E-state index in [2.05, 4.69) is 16.0 Å². The van der Waals surface area contributed by atoms with Gasteiger partial charge < -0.3 is 55.1 Å². The number of nitrogens with one attached hydrogen (secondary N) is 3. The van der Waals surface area contributed by atoms with Gasteiger partial charge in [-0.15, -0.1) is 0 Å². The maximum absolute atomic E-state index is 14.9. The third-order valence-corrected chi connectivity index (χ3v) is 18.9. The van der Waals surface area contributed by atoms with Crippen LogP contribution in [0.5, 0.6) is 0 Å². The quantitative estimate of drug-likeness (QED) is 0.254. The fourth-order valence-electron chi connectivity index (χ4n) is 12.2. The van der Waals surface area contributed by atoms with E-state index in [1.165, 1.54) is 86.8 Å². The monoisotopic (exact) mass is 1290 g/mol. The normalized spacial score (nSPS) is 26.8. The molecule has 0 spiro atoms. The van der Waals surface area contributed by atoms with E-state index < -0.39 is 161 Å². The molecule has 3 fully saturated rings. The summed E-state index contributed by atoms with van der Waals surface area (Å²) in [5, 5.41) is 7.91. The zero-order valence-electron chi connectivity index (χ0n) is 55.9. The average molecular weight is 1290 g/mol. The number of carbonyl (C=O) groups excluding carboxylic acids is 11. The minimum Gasteiger partial charge on any atom is -0.343 e. The predicted octanol–water partition coefficient (Wildman–Crippen LogP) is 5.36. The Morgan fingerprint density at radius 2 is 1.27 bits per heavy atom. The van der Waals surface area contributed by atoms with E-state index in [1.807, 2.05) is 20.8 Å². The van der Waals surface area contributed by atoms with E-state index in [1.54, 1.807) is 34.6 Å². The lowest BCUT2D eigenvalue weighted by atomic mass is 9.84. The first-order valence-corrected chi connectivity index (χ1v) is 32.2. The molecule has 1 aromatic carbocycles. The number of likely N-dealkylation sites (N-methyl/N-ethyl adjacent to an activating group) is 7. The minimum absolute atomic E-state index is 0.0305. The fraction of sp³-hybridized carbons (Fsp3) is 0.734. The Labute approximate surface area is 535 Å². The van der Waals surface area contributed by atoms with Crippen molar-refractivity contribution >= 4 is 76.6 Å². The molecule has 3 aliphatic rings. The molecule has 1 saturated carbocycles. The van der Waals surface area contributed by atoms with Gasteiger partial charge in [0.15, 0.2) is 0 Å². The molecular formula is C64H101ClF3N11O11. The number of rotatable bonds is 11. The molecule has 0 aromatic heterocycles. The second-order valence-electron chi connectivity index (χ2n) is 26.4. The van der Waals surface area contributed by atoms with Crippen molar-refractivity contribution in [2.24, 2.45) is 23.7 Å². The second kappa shape index (κ2) is 33.2. The average Bonchev–Trinajstić information content (AvgIpc) is 1.32. The number of benzene rings is 1. The van der Waals surface area contributed by atoms with Crippen molar-refractivity contribution in [1.82, 2.24) is 55.1 Å². The van der Waals surface area contributed by atoms with Crippen molar-refractivity contribution in [3.8, 4) is 0 Å². The maximum atomic E-state index is 14.9. The summed E-state index contributed by atoms with van der Waals surface area (Å²) in [5.41, 5.74) is -2.42. The molecular weight excluding hydrogens is 1190 g/mol. The van der Waals surface area contributed by atoms with E-state index >= 15 is 0 Å². The number of amides is 11. The van der Waals surface area contributed by atoms with Crippen LogP contribution in [0, 0.1) is 23.7 Å². The van der Waals surface area contributed by atoms with Gasteiger partial charge in [0.1, 0.15) is 41.8 Å². The van der Waals surface area contributed by atoms with Gasteiger partial charge in [-0.2, -0.15) is 13.2 Å². The van der Waals surface area contributed by atoms with Crippen molar-refractivity contribution in [1.29, 1.82) is 0 Å². The summed E-state index contributed by atoms with van der Waals surface area (Å²) in [6.07, 6.45) is 0.500. The number of carbonyl (C=O) groups is 11. The van der Waals surface area contributed by atoms with Crippen molar-refractivity contribution in [2.45, 2.75) is 206 Å². The number of hydrogen-bond donors (Lipinski definition) is 3. The van der Waals surface area contributed by atoms with Gasteiger partial charge in [0.25, 0.3) is 0 Å². The molecule has 26 heteroatoms. The van der Waals surface area contributed by atoms with Crippen molar-refractivity contribution < 1.29 is 65.9 Å². The Morgan fingerprint density at radius 1 is 0.667 bits per heavy atom. The van der Waals surface area contributed by atoms with E-state index in [0.717, 1.165) is 58.9 Å². The minimum atomic E-state index is -4.75. The highest BCUT2D eigenvalue weighted by Gasteiger charge is 2.46. The molecule has 1 unspecified atom stereocenters. The Hall–Kier alpha value is -6.53. The molecule has 2 aliphatic heterocycles. The number of aryl methyl sites for hydroxylation is 1. The zero-order valence-corrected chi connectivity index (χ0v) is 56.6. The highest BCUT2D eigenvalue weighted by Crippen LogP contribution is 2.36. The standard InChI is InChI=1S/C64H101ClF3N11O11/c1-17-40(7)54-60(88)74(12)36-52(82)72(10)37-53(83)77(15)49(34-42-23-20-19-21-24-42)59(87)73(11)35-50(80)69-46(29-27-43-26-28-44(45(65)33-43)64(66,67)68)58(86)79-30-22-25-47(79)57(85)71-63(9,18-2)62(90)78(16)55(39(5)6)61(89)75(13)41(8)32-51(81)76(14)48(31-38(3)4)56(84)70-54/h26,28,33,38-42,46-49,54-55H,17-25,27,29-32,34-37H2,1-16H3,(H,69,80)(H,70,84)(H,71,85)/t40?,41-,46+,47+,48+,49+,54+,55+,63+/m1/s1. The Bertz CT molecular complexity index is 2750. The summed E-state index contributed by atoms with van der Waals surface area (Å²) in [4.78, 5) is 169. The molecule has 11 amide bonds. The summed E-state index contributed by atoms with van der Waals surface area (Å²) in [5.74, 6) is -7.95. The van der Waals surface area contributed by atoms with Gasteiger partial charge in [-0.25, -0.2) is 0 Å². The molecule has 9 atom stereocenters. The first-order chi connectivity index (χ1) is 41.9. The Kier molecular flexibility index (Phi) is 28.0. The summed E-state index contributed by atoms with van der Waals surface area (Å²) in [6.45, 7) is 14.1. The molecule has 1 aliphatic carbocycles. The molecule has 2 saturated heterocycles. The van der Waals surface area contributed by atoms with Crippen LogP contribution >= 0.6 is 11.6 Å². The number of nitrogens with zero attached hydrogens (tertiary/aromatic N) is 8. The van der Waals surface area contributed by atoms with E-state index in [-0.39, 0.29) is 63.3 Å². The van der Waals surface area contributed by atoms with E-state index in [9.17, 15) is 65.9 Å². The lowest BCUT2D eigenvalue weighted by Crippen LogP contribution is -2.64. The van der Waals surface area contributed by atoms with Crippen molar-refractivity contribution in [2.75, 3.05) is 75.5 Å². The number of halogens is 4. The first kappa shape index (κ1) is 75.9. The van der Waals surface area contributed by atoms with Crippen molar-refractivity contribution in [3.05, 3.63) is 34.3 Å². The fourth-order valence-corrected chi connectivity index (χ4v) is 12.5. The summed E-state index contributed by atoms with van der Waals surface area (Å²) in [7, 11) is 10.0. The van der Waals surface area contributed by atoms with Crippen LogP contribution < -0.4 is 16.0 Å². The SMILES string of the molecule is CCC(C)[C@@H]1NC(=O)[C@H](CC(C)C)N(C)C(=O)C[C@@H](C)N(C)C(=O)[C@H](C(C)C)N(C)C(=O)[C@](C)(CC)NC(=O)[C@@H]2CCCN2C(=O)[C@H](CCc2ccc(C(F)(F)F)c(Cl)c2)NC(=O)CN(C)C(=O)[C@H](CC2CCCCC2)N(C)C(=O)CN(C)C(=O)CN(C)C1=O. The van der Waals surface area contributed by atoms with Crippen LogP contribution in [0.4, 0.5) is 13.2 Å². The number of hydrogen-bond acceptors (Lipinski definition) is 11. The van der Waals surface area contributed by atoms with Crippen LogP contribution in [0.3, 0.4) is 0 Å². The van der Waals surface area contributed by atoms with Gasteiger partial charge in [-0.3, -0.25) is 52.7 Å². The maximum Gasteiger partial charge on any atom is 0.417 e. The van der Waals surface area contributed by atoms with Gasteiger partial charge >= 0.3 is 6.18 Å². The predicted molar refractivity (Wildman–Crippen MR) is 335 cm³/mol. The van der Waals surface area contributed by atoms with Crippen LogP contribution in [0.1, 0.15) is 157 Å². The lowest BCUT2D eigenvalue weighted by Gasteiger charge is -2.40. The van der Waals surface area contributed by atoms with Crippen LogP contribution in [-0.4, -0.2) is 228 Å². The van der Waals surface area contributed by atoms with Gasteiger partial charge in [0, 0.05) is 68.3 Å². The summed E-state index contributed by atoms with van der Waals surface area (Å²) >= 11 is 6.10. The molecule has 90 heavy (non-hydrogen) atoms. The van der Waals surface area contributed by atoms with E-state index in [0.29, 0.717) is 18.4 Å². The third-order valence-electron chi connectivity index (χ3n) is 18.6. The lowest BCUT2D eigenvalue weighted by molar-refractivity contribution is -0.152. The summed E-state index contributed by atoms with van der Waals surface area (Å²) < 4.78 is 41.2. The third kappa shape index (κ3) is 19.7. The van der Waals surface area contributed by atoms with Crippen LogP contribution in [-0.2, 0) is 65.3 Å². The molecule has 506 valence electrons. The van der Waals surface area contributed by atoms with Gasteiger partial charge in [0.05, 0.1) is 30.2 Å². The molecule has 0 radical (unpaired) electrons. The molecule has 1 aromatic rings. The molecule has 0 bridgehead atoms. The Balaban J connectivity index is 1.81. The first-order valence-electron chi connectivity index (χ1n) is 31.8. The topological polar surface area (TPSA) is 250 Å². The highest BCUT2D eigenvalue weighted by atomic mass is 35.5. The van der Waals surface area contributed by atoms with Gasteiger partial charge in [0.2, 0.25) is 65.0 Å². The summed E-state index contributed by atoms with van der Waals surface area (Å²) in [6, 6.07) is -4.64. The highest BCUT2D eigenvalue weighted by molar-refractivity contribution is 6.31. The largest absolute Gasteiger partial charge is 0.417 e. The van der Waals surface area contributed by atoms with Crippen molar-refractivity contribution in [3.63, 3.8) is 0 Å².